The summed E-state index contributed by atoms with van der Waals surface area (Å²) in [5, 5.41) is 15.2. The van der Waals surface area contributed by atoms with Crippen molar-refractivity contribution in [3.05, 3.63) is 17.5 Å². The Morgan fingerprint density at radius 1 is 1.82 bits per heavy atom. The molecule has 1 aromatic rings. The van der Waals surface area contributed by atoms with Crippen LogP contribution in [0.3, 0.4) is 0 Å². The lowest BCUT2D eigenvalue weighted by Crippen LogP contribution is -1.96. The molecule has 1 aromatic heterocycles. The van der Waals surface area contributed by atoms with Crippen LogP contribution in [0, 0.1) is 6.92 Å². The van der Waals surface area contributed by atoms with Gasteiger partial charge in [-0.2, -0.15) is 5.10 Å². The highest BCUT2D eigenvalue weighted by Crippen LogP contribution is 2.09. The lowest BCUT2D eigenvalue weighted by Gasteiger charge is -1.94. The second-order valence-corrected chi connectivity index (χ2v) is 2.52. The molecule has 0 saturated heterocycles. The van der Waals surface area contributed by atoms with Gasteiger partial charge < -0.3 is 5.21 Å². The SMILES string of the molecule is Cc1c(/C(Cl)=N/O)cnn1C. The predicted octanol–water partition coefficient (Wildman–Crippen LogP) is 1.10. The molecule has 0 spiro atoms. The fraction of sp³-hybridized carbons (Fsp3) is 0.333. The van der Waals surface area contributed by atoms with Crippen LogP contribution in [0.25, 0.3) is 0 Å². The molecule has 0 bridgehead atoms. The first kappa shape index (κ1) is 8.07. The maximum Gasteiger partial charge on any atom is 0.178 e. The smallest absolute Gasteiger partial charge is 0.178 e. The maximum absolute atomic E-state index is 8.34. The van der Waals surface area contributed by atoms with Crippen LogP contribution in [0.15, 0.2) is 11.4 Å². The van der Waals surface area contributed by atoms with Crippen LogP contribution in [0.2, 0.25) is 0 Å². The Balaban J connectivity index is 3.15. The van der Waals surface area contributed by atoms with Crippen LogP contribution in [0.1, 0.15) is 11.3 Å². The number of halogens is 1. The van der Waals surface area contributed by atoms with Gasteiger partial charge in [0.1, 0.15) is 0 Å². The molecule has 0 atom stereocenters. The normalized spacial score (nSPS) is 12.1. The van der Waals surface area contributed by atoms with Crippen molar-refractivity contribution in [3.63, 3.8) is 0 Å². The summed E-state index contributed by atoms with van der Waals surface area (Å²) in [6, 6.07) is 0. The Bertz CT molecular complexity index is 292. The van der Waals surface area contributed by atoms with Gasteiger partial charge in [-0.05, 0) is 6.92 Å². The van der Waals surface area contributed by atoms with Crippen LogP contribution < -0.4 is 0 Å². The van der Waals surface area contributed by atoms with E-state index in [9.17, 15) is 0 Å². The summed E-state index contributed by atoms with van der Waals surface area (Å²) in [5.41, 5.74) is 1.52. The van der Waals surface area contributed by atoms with E-state index in [-0.39, 0.29) is 5.17 Å². The Morgan fingerprint density at radius 3 is 2.82 bits per heavy atom. The van der Waals surface area contributed by atoms with Crippen LogP contribution in [-0.2, 0) is 7.05 Å². The summed E-state index contributed by atoms with van der Waals surface area (Å²) in [6.45, 7) is 1.84. The molecule has 0 radical (unpaired) electrons. The quantitative estimate of drug-likeness (QED) is 0.393. The number of aromatic nitrogens is 2. The largest absolute Gasteiger partial charge is 0.410 e. The highest BCUT2D eigenvalue weighted by Gasteiger charge is 2.07. The van der Waals surface area contributed by atoms with Gasteiger partial charge >= 0.3 is 0 Å². The van der Waals surface area contributed by atoms with Gasteiger partial charge in [0.15, 0.2) is 5.17 Å². The summed E-state index contributed by atoms with van der Waals surface area (Å²) in [4.78, 5) is 0. The summed E-state index contributed by atoms with van der Waals surface area (Å²) in [6.07, 6.45) is 1.55. The summed E-state index contributed by atoms with van der Waals surface area (Å²) in [7, 11) is 1.79. The number of rotatable bonds is 1. The van der Waals surface area contributed by atoms with Crippen molar-refractivity contribution >= 4 is 16.8 Å². The van der Waals surface area contributed by atoms with Gasteiger partial charge in [-0.25, -0.2) is 0 Å². The third-order valence-corrected chi connectivity index (χ3v) is 1.82. The van der Waals surface area contributed by atoms with Gasteiger partial charge in [0, 0.05) is 12.7 Å². The molecule has 0 fully saturated rings. The molecule has 1 N–H and O–H groups in total. The molecule has 0 saturated carbocycles. The highest BCUT2D eigenvalue weighted by molar-refractivity contribution is 6.69. The van der Waals surface area contributed by atoms with Gasteiger partial charge in [0.05, 0.1) is 11.8 Å². The molecule has 60 valence electrons. The summed E-state index contributed by atoms with van der Waals surface area (Å²) in [5.74, 6) is 0. The fourth-order valence-electron chi connectivity index (χ4n) is 0.755. The topological polar surface area (TPSA) is 50.4 Å². The van der Waals surface area contributed by atoms with Crippen molar-refractivity contribution < 1.29 is 5.21 Å². The molecule has 0 unspecified atom stereocenters. The summed E-state index contributed by atoms with van der Waals surface area (Å²) >= 11 is 5.56. The van der Waals surface area contributed by atoms with E-state index in [1.165, 1.54) is 0 Å². The molecule has 0 aliphatic carbocycles. The first-order valence-corrected chi connectivity index (χ1v) is 3.41. The minimum absolute atomic E-state index is 0.0654. The molecule has 0 aromatic carbocycles. The fourth-order valence-corrected chi connectivity index (χ4v) is 0.941. The second-order valence-electron chi connectivity index (χ2n) is 2.16. The molecule has 1 rings (SSSR count). The van der Waals surface area contributed by atoms with E-state index in [2.05, 4.69) is 10.3 Å². The Hall–Kier alpha value is -1.03. The van der Waals surface area contributed by atoms with E-state index >= 15 is 0 Å². The molecule has 11 heavy (non-hydrogen) atoms. The average molecular weight is 174 g/mol. The van der Waals surface area contributed by atoms with Gasteiger partial charge in [-0.15, -0.1) is 0 Å². The van der Waals surface area contributed by atoms with Crippen LogP contribution in [0.4, 0.5) is 0 Å². The highest BCUT2D eigenvalue weighted by atomic mass is 35.5. The molecular formula is C6H8ClN3O. The van der Waals surface area contributed by atoms with Gasteiger partial charge in [-0.1, -0.05) is 16.8 Å². The molecule has 0 aliphatic heterocycles. The zero-order valence-electron chi connectivity index (χ0n) is 6.24. The van der Waals surface area contributed by atoms with E-state index in [0.29, 0.717) is 5.56 Å². The van der Waals surface area contributed by atoms with Crippen LogP contribution in [0.5, 0.6) is 0 Å². The van der Waals surface area contributed by atoms with Crippen molar-refractivity contribution in [3.8, 4) is 0 Å². The van der Waals surface area contributed by atoms with E-state index in [4.69, 9.17) is 16.8 Å². The number of hydrogen-bond donors (Lipinski definition) is 1. The zero-order chi connectivity index (χ0) is 8.43. The predicted molar refractivity (Wildman–Crippen MR) is 42.1 cm³/mol. The van der Waals surface area contributed by atoms with Gasteiger partial charge in [0.2, 0.25) is 0 Å². The molecule has 5 heteroatoms. The summed E-state index contributed by atoms with van der Waals surface area (Å²) < 4.78 is 1.66. The van der Waals surface area contributed by atoms with Crippen LogP contribution in [-0.4, -0.2) is 20.2 Å². The van der Waals surface area contributed by atoms with E-state index in [1.807, 2.05) is 6.92 Å². The van der Waals surface area contributed by atoms with Crippen LogP contribution >= 0.6 is 11.6 Å². The maximum atomic E-state index is 8.34. The lowest BCUT2D eigenvalue weighted by molar-refractivity contribution is 0.321. The van der Waals surface area contributed by atoms with Crippen molar-refractivity contribution in [1.82, 2.24) is 9.78 Å². The molecular weight excluding hydrogens is 166 g/mol. The van der Waals surface area contributed by atoms with E-state index in [0.717, 1.165) is 5.69 Å². The second kappa shape index (κ2) is 2.92. The number of oxime groups is 1. The molecule has 4 nitrogen and oxygen atoms in total. The van der Waals surface area contributed by atoms with Gasteiger partial charge in [0.25, 0.3) is 0 Å². The Morgan fingerprint density at radius 2 is 2.45 bits per heavy atom. The first-order valence-electron chi connectivity index (χ1n) is 3.03. The standard InChI is InChI=1S/C6H8ClN3O/c1-4-5(6(7)9-11)3-8-10(4)2/h3,11H,1-2H3/b9-6-. The monoisotopic (exact) mass is 173 g/mol. The van der Waals surface area contributed by atoms with E-state index in [1.54, 1.807) is 17.9 Å². The minimum Gasteiger partial charge on any atom is -0.410 e. The van der Waals surface area contributed by atoms with Crippen molar-refractivity contribution in [2.45, 2.75) is 6.92 Å². The third kappa shape index (κ3) is 1.35. The molecule has 0 aliphatic rings. The Labute approximate surface area is 69.1 Å². The first-order chi connectivity index (χ1) is 5.16. The van der Waals surface area contributed by atoms with E-state index < -0.39 is 0 Å². The average Bonchev–Trinajstić information content (AvgIpc) is 2.32. The number of nitrogens with zero attached hydrogens (tertiary/aromatic N) is 3. The molecule has 0 amide bonds. The minimum atomic E-state index is 0.0654. The van der Waals surface area contributed by atoms with Crippen molar-refractivity contribution in [2.24, 2.45) is 12.2 Å². The third-order valence-electron chi connectivity index (χ3n) is 1.55. The van der Waals surface area contributed by atoms with Gasteiger partial charge in [-0.3, -0.25) is 4.68 Å². The lowest BCUT2D eigenvalue weighted by atomic mass is 10.3. The number of hydrogen-bond acceptors (Lipinski definition) is 3. The number of aryl methyl sites for hydroxylation is 1. The van der Waals surface area contributed by atoms with Crippen molar-refractivity contribution in [1.29, 1.82) is 0 Å². The van der Waals surface area contributed by atoms with Crippen molar-refractivity contribution in [2.75, 3.05) is 0 Å². The zero-order valence-corrected chi connectivity index (χ0v) is 7.00. The Kier molecular flexibility index (Phi) is 2.14. The molecule has 1 heterocycles.